The Morgan fingerprint density at radius 3 is 2.62 bits per heavy atom. The first kappa shape index (κ1) is 11.0. The third-order valence-corrected chi connectivity index (χ3v) is 4.80. The smallest absolute Gasteiger partial charge is 0.0931 e. The van der Waals surface area contributed by atoms with Crippen molar-refractivity contribution in [1.82, 2.24) is 10.2 Å². The lowest BCUT2D eigenvalue weighted by Crippen LogP contribution is -2.45. The quantitative estimate of drug-likeness (QED) is 0.895. The van der Waals surface area contributed by atoms with Crippen molar-refractivity contribution in [3.05, 3.63) is 21.3 Å². The molecule has 0 aromatic carbocycles. The number of hydrogen-bond donors (Lipinski definition) is 1. The van der Waals surface area contributed by atoms with Crippen molar-refractivity contribution in [2.24, 2.45) is 5.92 Å². The summed E-state index contributed by atoms with van der Waals surface area (Å²) in [5.41, 5.74) is 0. The molecule has 1 aliphatic heterocycles. The molecule has 1 aliphatic carbocycles. The van der Waals surface area contributed by atoms with Crippen molar-refractivity contribution >= 4 is 22.9 Å². The molecule has 0 amide bonds. The SMILES string of the molecule is Clc1ccc([C@H](C2CC2)N2CCNCC2)s1. The summed E-state index contributed by atoms with van der Waals surface area (Å²) in [6.45, 7) is 4.61. The van der Waals surface area contributed by atoms with E-state index >= 15 is 0 Å². The molecule has 2 fully saturated rings. The predicted molar refractivity (Wildman–Crippen MR) is 69.2 cm³/mol. The summed E-state index contributed by atoms with van der Waals surface area (Å²) >= 11 is 7.82. The van der Waals surface area contributed by atoms with Crippen molar-refractivity contribution in [1.29, 1.82) is 0 Å². The predicted octanol–water partition coefficient (Wildman–Crippen LogP) is 2.76. The van der Waals surface area contributed by atoms with Gasteiger partial charge in [0, 0.05) is 37.1 Å². The van der Waals surface area contributed by atoms with Crippen molar-refractivity contribution in [3.8, 4) is 0 Å². The number of nitrogens with zero attached hydrogens (tertiary/aromatic N) is 1. The van der Waals surface area contributed by atoms with Gasteiger partial charge in [-0.2, -0.15) is 0 Å². The number of hydrogen-bond acceptors (Lipinski definition) is 3. The summed E-state index contributed by atoms with van der Waals surface area (Å²) in [4.78, 5) is 4.10. The van der Waals surface area contributed by atoms with Gasteiger partial charge in [0.1, 0.15) is 0 Å². The molecule has 1 aromatic heterocycles. The van der Waals surface area contributed by atoms with Gasteiger partial charge >= 0.3 is 0 Å². The standard InChI is InChI=1S/C12H17ClN2S/c13-11-4-3-10(16-11)12(9-1-2-9)15-7-5-14-6-8-15/h3-4,9,12,14H,1-2,5-8H2/t12-/m0/s1. The highest BCUT2D eigenvalue weighted by Gasteiger charge is 2.37. The lowest BCUT2D eigenvalue weighted by molar-refractivity contribution is 0.159. The lowest BCUT2D eigenvalue weighted by atomic mass is 10.1. The normalized spacial score (nSPS) is 24.6. The average Bonchev–Trinajstić information content (AvgIpc) is 3.04. The number of nitrogens with one attached hydrogen (secondary N) is 1. The zero-order valence-electron chi connectivity index (χ0n) is 9.29. The Kier molecular flexibility index (Phi) is 3.20. The van der Waals surface area contributed by atoms with Gasteiger partial charge in [0.05, 0.1) is 4.34 Å². The maximum atomic E-state index is 6.06. The minimum Gasteiger partial charge on any atom is -0.314 e. The summed E-state index contributed by atoms with van der Waals surface area (Å²) in [6, 6.07) is 4.90. The highest BCUT2D eigenvalue weighted by atomic mass is 35.5. The number of halogens is 1. The highest BCUT2D eigenvalue weighted by Crippen LogP contribution is 2.46. The molecule has 1 saturated heterocycles. The van der Waals surface area contributed by atoms with Crippen molar-refractivity contribution in [2.75, 3.05) is 26.2 Å². The zero-order chi connectivity index (χ0) is 11.0. The van der Waals surface area contributed by atoms with Gasteiger partial charge in [-0.3, -0.25) is 4.90 Å². The second kappa shape index (κ2) is 4.65. The molecule has 1 saturated carbocycles. The molecular weight excluding hydrogens is 240 g/mol. The third kappa shape index (κ3) is 2.28. The van der Waals surface area contributed by atoms with Crippen LogP contribution in [0, 0.1) is 5.92 Å². The first-order chi connectivity index (χ1) is 7.84. The molecule has 1 atom stereocenters. The fourth-order valence-corrected chi connectivity index (χ4v) is 3.86. The second-order valence-corrected chi connectivity index (χ2v) is 6.46. The summed E-state index contributed by atoms with van der Waals surface area (Å²) in [5, 5.41) is 3.42. The van der Waals surface area contributed by atoms with Gasteiger partial charge in [0.15, 0.2) is 0 Å². The molecule has 2 aliphatic rings. The van der Waals surface area contributed by atoms with Crippen LogP contribution < -0.4 is 5.32 Å². The molecule has 4 heteroatoms. The van der Waals surface area contributed by atoms with E-state index in [1.54, 1.807) is 11.3 Å². The van der Waals surface area contributed by atoms with Gasteiger partial charge in [0.2, 0.25) is 0 Å². The van der Waals surface area contributed by atoms with Gasteiger partial charge in [-0.15, -0.1) is 11.3 Å². The van der Waals surface area contributed by atoms with Crippen LogP contribution in [0.5, 0.6) is 0 Å². The molecule has 0 bridgehead atoms. The van der Waals surface area contributed by atoms with Crippen LogP contribution in [0.3, 0.4) is 0 Å². The summed E-state index contributed by atoms with van der Waals surface area (Å²) in [6.07, 6.45) is 2.79. The van der Waals surface area contributed by atoms with Gasteiger partial charge in [0.25, 0.3) is 0 Å². The lowest BCUT2D eigenvalue weighted by Gasteiger charge is -2.34. The Labute approximate surface area is 106 Å². The van der Waals surface area contributed by atoms with E-state index in [2.05, 4.69) is 16.3 Å². The monoisotopic (exact) mass is 256 g/mol. The van der Waals surface area contributed by atoms with Gasteiger partial charge in [-0.1, -0.05) is 11.6 Å². The van der Waals surface area contributed by atoms with Crippen LogP contribution in [0.4, 0.5) is 0 Å². The van der Waals surface area contributed by atoms with Crippen LogP contribution >= 0.6 is 22.9 Å². The van der Waals surface area contributed by atoms with Gasteiger partial charge in [-0.05, 0) is 30.9 Å². The second-order valence-electron chi connectivity index (χ2n) is 4.71. The Morgan fingerprint density at radius 2 is 2.06 bits per heavy atom. The van der Waals surface area contributed by atoms with E-state index in [0.717, 1.165) is 23.3 Å². The molecule has 88 valence electrons. The fraction of sp³-hybridized carbons (Fsp3) is 0.667. The van der Waals surface area contributed by atoms with Crippen LogP contribution in [0.2, 0.25) is 4.34 Å². The van der Waals surface area contributed by atoms with Crippen LogP contribution in [-0.4, -0.2) is 31.1 Å². The Morgan fingerprint density at radius 1 is 1.31 bits per heavy atom. The van der Waals surface area contributed by atoms with E-state index in [1.165, 1.54) is 30.8 Å². The van der Waals surface area contributed by atoms with E-state index < -0.39 is 0 Å². The summed E-state index contributed by atoms with van der Waals surface area (Å²) in [5.74, 6) is 0.882. The minimum absolute atomic E-state index is 0.639. The van der Waals surface area contributed by atoms with E-state index in [1.807, 2.05) is 6.07 Å². The largest absolute Gasteiger partial charge is 0.314 e. The zero-order valence-corrected chi connectivity index (χ0v) is 10.9. The van der Waals surface area contributed by atoms with Crippen molar-refractivity contribution in [2.45, 2.75) is 18.9 Å². The molecule has 0 radical (unpaired) electrons. The van der Waals surface area contributed by atoms with Crippen LogP contribution in [0.15, 0.2) is 12.1 Å². The first-order valence-electron chi connectivity index (χ1n) is 6.04. The molecule has 1 aromatic rings. The molecule has 0 spiro atoms. The van der Waals surface area contributed by atoms with Crippen LogP contribution in [0.25, 0.3) is 0 Å². The van der Waals surface area contributed by atoms with Gasteiger partial charge in [-0.25, -0.2) is 0 Å². The maximum Gasteiger partial charge on any atom is 0.0931 e. The number of rotatable bonds is 3. The molecule has 1 N–H and O–H groups in total. The highest BCUT2D eigenvalue weighted by molar-refractivity contribution is 7.16. The Balaban J connectivity index is 1.79. The first-order valence-corrected chi connectivity index (χ1v) is 7.24. The number of thiophene rings is 1. The fourth-order valence-electron chi connectivity index (χ4n) is 2.57. The minimum atomic E-state index is 0.639. The van der Waals surface area contributed by atoms with Crippen molar-refractivity contribution < 1.29 is 0 Å². The Hall–Kier alpha value is -0.0900. The maximum absolute atomic E-state index is 6.06. The molecule has 3 rings (SSSR count). The Bertz CT molecular complexity index is 356. The van der Waals surface area contributed by atoms with Crippen molar-refractivity contribution in [3.63, 3.8) is 0 Å². The van der Waals surface area contributed by atoms with Gasteiger partial charge < -0.3 is 5.32 Å². The van der Waals surface area contributed by atoms with Crippen LogP contribution in [-0.2, 0) is 0 Å². The molecular formula is C12H17ClN2S. The molecule has 2 heterocycles. The van der Waals surface area contributed by atoms with E-state index in [-0.39, 0.29) is 0 Å². The van der Waals surface area contributed by atoms with E-state index in [9.17, 15) is 0 Å². The van der Waals surface area contributed by atoms with Crippen LogP contribution in [0.1, 0.15) is 23.8 Å². The third-order valence-electron chi connectivity index (χ3n) is 3.50. The van der Waals surface area contributed by atoms with E-state index in [0.29, 0.717) is 6.04 Å². The van der Waals surface area contributed by atoms with E-state index in [4.69, 9.17) is 11.6 Å². The average molecular weight is 257 g/mol. The molecule has 2 nitrogen and oxygen atoms in total. The summed E-state index contributed by atoms with van der Waals surface area (Å²) in [7, 11) is 0. The number of piperazine rings is 1. The molecule has 16 heavy (non-hydrogen) atoms. The molecule has 0 unspecified atom stereocenters. The topological polar surface area (TPSA) is 15.3 Å². The summed E-state index contributed by atoms with van der Waals surface area (Å²) < 4.78 is 0.927.